The summed E-state index contributed by atoms with van der Waals surface area (Å²) in [6.45, 7) is 1.35. The summed E-state index contributed by atoms with van der Waals surface area (Å²) in [4.78, 5) is 13.0. The molecule has 0 aliphatic rings. The Morgan fingerprint density at radius 3 is 2.70 bits per heavy atom. The molecule has 2 aromatic rings. The average Bonchev–Trinajstić information content (AvgIpc) is 3.07. The van der Waals surface area contributed by atoms with Gasteiger partial charge in [0.05, 0.1) is 4.90 Å². The quantitative estimate of drug-likeness (QED) is 0.622. The molecule has 2 rings (SSSR count). The van der Waals surface area contributed by atoms with Crippen LogP contribution in [-0.2, 0) is 16.6 Å². The molecule has 0 atom stereocenters. The van der Waals surface area contributed by atoms with Crippen LogP contribution in [0.25, 0.3) is 0 Å². The zero-order valence-electron chi connectivity index (χ0n) is 12.7. The highest BCUT2D eigenvalue weighted by atomic mass is 32.2. The third kappa shape index (κ3) is 5.14. The lowest BCUT2D eigenvalue weighted by Gasteiger charge is -2.08. The average molecular weight is 353 g/mol. The largest absolute Gasteiger partial charge is 0.351 e. The second-order valence-corrected chi connectivity index (χ2v) is 7.59. The molecule has 0 bridgehead atoms. The maximum atomic E-state index is 12.3. The van der Waals surface area contributed by atoms with Gasteiger partial charge < -0.3 is 10.6 Å². The van der Waals surface area contributed by atoms with Crippen LogP contribution in [-0.4, -0.2) is 34.5 Å². The molecule has 0 aliphatic carbocycles. The van der Waals surface area contributed by atoms with Gasteiger partial charge in [0.25, 0.3) is 5.91 Å². The van der Waals surface area contributed by atoms with Crippen LogP contribution in [0.15, 0.2) is 46.7 Å². The number of likely N-dealkylation sites (N-methyl/N-ethyl adjacent to an activating group) is 1. The molecule has 0 spiro atoms. The van der Waals surface area contributed by atoms with Crippen molar-refractivity contribution in [3.8, 4) is 0 Å². The topological polar surface area (TPSA) is 87.3 Å². The van der Waals surface area contributed by atoms with Gasteiger partial charge in [-0.1, -0.05) is 12.1 Å². The van der Waals surface area contributed by atoms with E-state index in [9.17, 15) is 13.2 Å². The first-order valence-corrected chi connectivity index (χ1v) is 9.44. The van der Waals surface area contributed by atoms with Crippen molar-refractivity contribution in [2.75, 3.05) is 20.1 Å². The van der Waals surface area contributed by atoms with Crippen molar-refractivity contribution in [3.63, 3.8) is 0 Å². The summed E-state index contributed by atoms with van der Waals surface area (Å²) < 4.78 is 27.2. The smallest absolute Gasteiger partial charge is 0.251 e. The maximum absolute atomic E-state index is 12.3. The Balaban J connectivity index is 2.06. The second-order valence-electron chi connectivity index (χ2n) is 4.79. The number of nitrogens with one attached hydrogen (secondary N) is 3. The highest BCUT2D eigenvalue weighted by molar-refractivity contribution is 7.89. The number of carbonyl (C=O) groups is 1. The first-order chi connectivity index (χ1) is 11.0. The standard InChI is InChI=1S/C15H19N3O3S2/c1-16-7-8-17-15(19)12-4-2-6-14(10-12)23(20,21)18-11-13-5-3-9-22-13/h2-6,9-10,16,18H,7-8,11H2,1H3,(H,17,19). The molecule has 0 aliphatic heterocycles. The molecule has 1 aromatic carbocycles. The number of hydrogen-bond acceptors (Lipinski definition) is 5. The molecule has 124 valence electrons. The van der Waals surface area contributed by atoms with Crippen LogP contribution in [0.1, 0.15) is 15.2 Å². The zero-order chi connectivity index (χ0) is 16.7. The molecule has 0 saturated carbocycles. The summed E-state index contributed by atoms with van der Waals surface area (Å²) in [6, 6.07) is 9.73. The molecule has 1 heterocycles. The minimum atomic E-state index is -3.65. The first-order valence-electron chi connectivity index (χ1n) is 7.08. The van der Waals surface area contributed by atoms with Gasteiger partial charge in [0.15, 0.2) is 0 Å². The lowest BCUT2D eigenvalue weighted by molar-refractivity contribution is 0.0954. The van der Waals surface area contributed by atoms with E-state index in [1.165, 1.54) is 23.5 Å². The molecule has 0 fully saturated rings. The van der Waals surface area contributed by atoms with Crippen LogP contribution < -0.4 is 15.4 Å². The Labute approximate surface area is 140 Å². The Morgan fingerprint density at radius 2 is 2.00 bits per heavy atom. The van der Waals surface area contributed by atoms with Crippen molar-refractivity contribution in [3.05, 3.63) is 52.2 Å². The van der Waals surface area contributed by atoms with Crippen LogP contribution >= 0.6 is 11.3 Å². The van der Waals surface area contributed by atoms with Crippen LogP contribution in [0.4, 0.5) is 0 Å². The normalized spacial score (nSPS) is 11.3. The number of benzene rings is 1. The van der Waals surface area contributed by atoms with Gasteiger partial charge in [-0.25, -0.2) is 13.1 Å². The number of amides is 1. The number of carbonyl (C=O) groups excluding carboxylic acids is 1. The van der Waals surface area contributed by atoms with Crippen LogP contribution in [0.3, 0.4) is 0 Å². The molecule has 1 amide bonds. The fraction of sp³-hybridized carbons (Fsp3) is 0.267. The Bertz CT molecular complexity index is 743. The summed E-state index contributed by atoms with van der Waals surface area (Å²) in [6.07, 6.45) is 0. The zero-order valence-corrected chi connectivity index (χ0v) is 14.3. The van der Waals surface area contributed by atoms with E-state index in [2.05, 4.69) is 15.4 Å². The summed E-state index contributed by atoms with van der Waals surface area (Å²) in [5.74, 6) is -0.296. The Hall–Kier alpha value is -1.74. The highest BCUT2D eigenvalue weighted by Crippen LogP contribution is 2.14. The van der Waals surface area contributed by atoms with E-state index in [0.717, 1.165) is 4.88 Å². The van der Waals surface area contributed by atoms with E-state index >= 15 is 0 Å². The third-order valence-corrected chi connectivity index (χ3v) is 5.36. The van der Waals surface area contributed by atoms with E-state index in [0.29, 0.717) is 18.7 Å². The molecule has 23 heavy (non-hydrogen) atoms. The number of sulfonamides is 1. The number of rotatable bonds is 8. The Kier molecular flexibility index (Phi) is 6.28. The van der Waals surface area contributed by atoms with Crippen LogP contribution in [0.2, 0.25) is 0 Å². The minimum absolute atomic E-state index is 0.0790. The SMILES string of the molecule is CNCCNC(=O)c1cccc(S(=O)(=O)NCc2cccs2)c1. The van der Waals surface area contributed by atoms with E-state index in [-0.39, 0.29) is 17.3 Å². The van der Waals surface area contributed by atoms with E-state index in [4.69, 9.17) is 0 Å². The third-order valence-electron chi connectivity index (χ3n) is 3.08. The van der Waals surface area contributed by atoms with Gasteiger partial charge in [-0.05, 0) is 36.7 Å². The maximum Gasteiger partial charge on any atom is 0.251 e. The van der Waals surface area contributed by atoms with Crippen molar-refractivity contribution in [1.82, 2.24) is 15.4 Å². The lowest BCUT2D eigenvalue weighted by Crippen LogP contribution is -2.30. The van der Waals surface area contributed by atoms with E-state index < -0.39 is 10.0 Å². The monoisotopic (exact) mass is 353 g/mol. The number of thiophene rings is 1. The molecular formula is C15H19N3O3S2. The Morgan fingerprint density at radius 1 is 1.17 bits per heavy atom. The van der Waals surface area contributed by atoms with Crippen molar-refractivity contribution in [2.24, 2.45) is 0 Å². The molecule has 0 radical (unpaired) electrons. The van der Waals surface area contributed by atoms with Crippen molar-refractivity contribution < 1.29 is 13.2 Å². The second kappa shape index (κ2) is 8.21. The van der Waals surface area contributed by atoms with E-state index in [1.54, 1.807) is 19.2 Å². The summed E-state index contributed by atoms with van der Waals surface area (Å²) in [5, 5.41) is 7.53. The molecule has 3 N–H and O–H groups in total. The van der Waals surface area contributed by atoms with Gasteiger partial charge in [-0.2, -0.15) is 0 Å². The fourth-order valence-electron chi connectivity index (χ4n) is 1.87. The molecule has 0 unspecified atom stereocenters. The van der Waals surface area contributed by atoms with Gasteiger partial charge in [0, 0.05) is 30.1 Å². The van der Waals surface area contributed by atoms with Gasteiger partial charge >= 0.3 is 0 Å². The predicted molar refractivity (Wildman–Crippen MR) is 91.0 cm³/mol. The predicted octanol–water partition coefficient (Wildman–Crippen LogP) is 1.18. The summed E-state index contributed by atoms with van der Waals surface area (Å²) in [5.41, 5.74) is 0.320. The molecule has 6 nitrogen and oxygen atoms in total. The van der Waals surface area contributed by atoms with Crippen LogP contribution in [0, 0.1) is 0 Å². The molecule has 1 aromatic heterocycles. The highest BCUT2D eigenvalue weighted by Gasteiger charge is 2.16. The first kappa shape index (κ1) is 17.6. The van der Waals surface area contributed by atoms with Crippen molar-refractivity contribution >= 4 is 27.3 Å². The van der Waals surface area contributed by atoms with Crippen molar-refractivity contribution in [2.45, 2.75) is 11.4 Å². The van der Waals surface area contributed by atoms with E-state index in [1.807, 2.05) is 17.5 Å². The lowest BCUT2D eigenvalue weighted by atomic mass is 10.2. The fourth-order valence-corrected chi connectivity index (χ4v) is 3.66. The molecular weight excluding hydrogens is 334 g/mol. The van der Waals surface area contributed by atoms with Gasteiger partial charge in [0.2, 0.25) is 10.0 Å². The summed E-state index contributed by atoms with van der Waals surface area (Å²) in [7, 11) is -1.86. The van der Waals surface area contributed by atoms with Crippen molar-refractivity contribution in [1.29, 1.82) is 0 Å². The molecule has 8 heteroatoms. The number of hydrogen-bond donors (Lipinski definition) is 3. The summed E-state index contributed by atoms with van der Waals surface area (Å²) >= 11 is 1.48. The van der Waals surface area contributed by atoms with Gasteiger partial charge in [-0.3, -0.25) is 4.79 Å². The minimum Gasteiger partial charge on any atom is -0.351 e. The van der Waals surface area contributed by atoms with Gasteiger partial charge in [-0.15, -0.1) is 11.3 Å². The van der Waals surface area contributed by atoms with Crippen LogP contribution in [0.5, 0.6) is 0 Å². The van der Waals surface area contributed by atoms with Gasteiger partial charge in [0.1, 0.15) is 0 Å². The molecule has 0 saturated heterocycles.